The SMILES string of the molecule is C[C@@H](CCn1cccn1)NCC1(O)CCOCC1. The van der Waals surface area contributed by atoms with E-state index in [-0.39, 0.29) is 0 Å². The second kappa shape index (κ2) is 6.31. The number of nitrogens with zero attached hydrogens (tertiary/aromatic N) is 2. The van der Waals surface area contributed by atoms with Crippen LogP contribution in [0.15, 0.2) is 18.5 Å². The van der Waals surface area contributed by atoms with Gasteiger partial charge in [-0.2, -0.15) is 5.10 Å². The second-order valence-corrected chi connectivity index (χ2v) is 5.18. The van der Waals surface area contributed by atoms with Gasteiger partial charge >= 0.3 is 0 Å². The lowest BCUT2D eigenvalue weighted by atomic mass is 9.94. The van der Waals surface area contributed by atoms with Crippen molar-refractivity contribution in [2.75, 3.05) is 19.8 Å². The van der Waals surface area contributed by atoms with Gasteiger partial charge in [0.2, 0.25) is 0 Å². The predicted octanol–water partition coefficient (Wildman–Crippen LogP) is 0.793. The number of hydrogen-bond acceptors (Lipinski definition) is 4. The Bertz CT molecular complexity index is 334. The molecule has 0 bridgehead atoms. The summed E-state index contributed by atoms with van der Waals surface area (Å²) in [5, 5.41) is 17.9. The van der Waals surface area contributed by atoms with Gasteiger partial charge in [-0.05, 0) is 19.4 Å². The summed E-state index contributed by atoms with van der Waals surface area (Å²) in [4.78, 5) is 0. The van der Waals surface area contributed by atoms with E-state index in [0.717, 1.165) is 25.8 Å². The molecule has 18 heavy (non-hydrogen) atoms. The highest BCUT2D eigenvalue weighted by molar-refractivity contribution is 4.84. The summed E-state index contributed by atoms with van der Waals surface area (Å²) in [6, 6.07) is 2.31. The lowest BCUT2D eigenvalue weighted by Gasteiger charge is -2.33. The fourth-order valence-corrected chi connectivity index (χ4v) is 2.15. The molecule has 2 N–H and O–H groups in total. The zero-order chi connectivity index (χ0) is 12.8. The number of aromatic nitrogens is 2. The molecule has 5 nitrogen and oxygen atoms in total. The summed E-state index contributed by atoms with van der Waals surface area (Å²) < 4.78 is 7.20. The molecule has 1 aromatic heterocycles. The smallest absolute Gasteiger partial charge is 0.0815 e. The third-order valence-electron chi connectivity index (χ3n) is 3.55. The van der Waals surface area contributed by atoms with Crippen molar-refractivity contribution in [1.29, 1.82) is 0 Å². The van der Waals surface area contributed by atoms with Gasteiger partial charge in [-0.1, -0.05) is 0 Å². The summed E-state index contributed by atoms with van der Waals surface area (Å²) in [7, 11) is 0. The minimum absolute atomic E-state index is 0.376. The Kier molecular flexibility index (Phi) is 4.74. The lowest BCUT2D eigenvalue weighted by Crippen LogP contribution is -2.47. The van der Waals surface area contributed by atoms with Gasteiger partial charge in [0, 0.05) is 57.6 Å². The van der Waals surface area contributed by atoms with Crippen molar-refractivity contribution in [3.05, 3.63) is 18.5 Å². The molecule has 1 aromatic rings. The minimum Gasteiger partial charge on any atom is -0.388 e. The molecule has 0 amide bonds. The van der Waals surface area contributed by atoms with Gasteiger partial charge in [0.25, 0.3) is 0 Å². The standard InChI is InChI=1S/C13H23N3O2/c1-12(3-8-16-7-2-6-15-16)14-11-13(17)4-9-18-10-5-13/h2,6-7,12,14,17H,3-5,8-11H2,1H3/t12-/m0/s1. The van der Waals surface area contributed by atoms with Crippen molar-refractivity contribution in [3.63, 3.8) is 0 Å². The van der Waals surface area contributed by atoms with Crippen molar-refractivity contribution in [1.82, 2.24) is 15.1 Å². The molecule has 1 aliphatic rings. The van der Waals surface area contributed by atoms with Crippen molar-refractivity contribution in [3.8, 4) is 0 Å². The maximum Gasteiger partial charge on any atom is 0.0815 e. The molecule has 102 valence electrons. The number of nitrogens with one attached hydrogen (secondary N) is 1. The van der Waals surface area contributed by atoms with Gasteiger partial charge in [-0.15, -0.1) is 0 Å². The highest BCUT2D eigenvalue weighted by Gasteiger charge is 2.29. The van der Waals surface area contributed by atoms with Crippen LogP contribution in [0.25, 0.3) is 0 Å². The van der Waals surface area contributed by atoms with Crippen molar-refractivity contribution in [2.24, 2.45) is 0 Å². The summed E-state index contributed by atoms with van der Waals surface area (Å²) in [6.45, 7) is 5.03. The van der Waals surface area contributed by atoms with Crippen LogP contribution in [0.4, 0.5) is 0 Å². The average Bonchev–Trinajstić information content (AvgIpc) is 2.88. The van der Waals surface area contributed by atoms with Gasteiger partial charge in [0.05, 0.1) is 5.60 Å². The van der Waals surface area contributed by atoms with Gasteiger partial charge in [-0.3, -0.25) is 4.68 Å². The third kappa shape index (κ3) is 4.08. The van der Waals surface area contributed by atoms with Gasteiger partial charge in [-0.25, -0.2) is 0 Å². The average molecular weight is 253 g/mol. The van der Waals surface area contributed by atoms with Crippen LogP contribution in [0.2, 0.25) is 0 Å². The maximum absolute atomic E-state index is 10.3. The number of rotatable bonds is 6. The molecule has 0 aliphatic carbocycles. The second-order valence-electron chi connectivity index (χ2n) is 5.18. The molecule has 2 heterocycles. The highest BCUT2D eigenvalue weighted by Crippen LogP contribution is 2.19. The van der Waals surface area contributed by atoms with Crippen LogP contribution in [0.3, 0.4) is 0 Å². The monoisotopic (exact) mass is 253 g/mol. The molecule has 0 unspecified atom stereocenters. The van der Waals surface area contributed by atoms with E-state index in [2.05, 4.69) is 17.3 Å². The fraction of sp³-hybridized carbons (Fsp3) is 0.769. The first-order chi connectivity index (χ1) is 8.68. The third-order valence-corrected chi connectivity index (χ3v) is 3.55. The molecule has 1 aliphatic heterocycles. The van der Waals surface area contributed by atoms with Gasteiger partial charge < -0.3 is 15.2 Å². The minimum atomic E-state index is -0.585. The summed E-state index contributed by atoms with van der Waals surface area (Å²) in [6.07, 6.45) is 6.23. The van der Waals surface area contributed by atoms with E-state index in [1.54, 1.807) is 6.20 Å². The van der Waals surface area contributed by atoms with Crippen molar-refractivity contribution in [2.45, 2.75) is 44.4 Å². The Morgan fingerprint density at radius 1 is 1.50 bits per heavy atom. The van der Waals surface area contributed by atoms with Gasteiger partial charge in [0.15, 0.2) is 0 Å². The van der Waals surface area contributed by atoms with Crippen LogP contribution < -0.4 is 5.32 Å². The highest BCUT2D eigenvalue weighted by atomic mass is 16.5. The Hall–Kier alpha value is -0.910. The molecule has 2 rings (SSSR count). The van der Waals surface area contributed by atoms with Crippen LogP contribution >= 0.6 is 0 Å². The topological polar surface area (TPSA) is 59.3 Å². The van der Waals surface area contributed by atoms with Crippen molar-refractivity contribution >= 4 is 0 Å². The quantitative estimate of drug-likeness (QED) is 0.787. The summed E-state index contributed by atoms with van der Waals surface area (Å²) in [5.41, 5.74) is -0.585. The lowest BCUT2D eigenvalue weighted by molar-refractivity contribution is -0.0626. The van der Waals surface area contributed by atoms with E-state index in [1.807, 2.05) is 16.9 Å². The Labute approximate surface area is 108 Å². The van der Waals surface area contributed by atoms with E-state index in [4.69, 9.17) is 4.74 Å². The molecule has 1 fully saturated rings. The van der Waals surface area contributed by atoms with Crippen molar-refractivity contribution < 1.29 is 9.84 Å². The molecule has 0 aromatic carbocycles. The number of hydrogen-bond donors (Lipinski definition) is 2. The Morgan fingerprint density at radius 3 is 2.94 bits per heavy atom. The maximum atomic E-state index is 10.3. The Morgan fingerprint density at radius 2 is 2.28 bits per heavy atom. The molecule has 1 atom stereocenters. The molecule has 0 saturated carbocycles. The molecule has 5 heteroatoms. The fourth-order valence-electron chi connectivity index (χ4n) is 2.15. The molecule has 1 saturated heterocycles. The van der Waals surface area contributed by atoms with Gasteiger partial charge in [0.1, 0.15) is 0 Å². The first-order valence-electron chi connectivity index (χ1n) is 6.69. The van der Waals surface area contributed by atoms with Crippen LogP contribution in [-0.4, -0.2) is 46.3 Å². The molecule has 0 spiro atoms. The summed E-state index contributed by atoms with van der Waals surface area (Å²) in [5.74, 6) is 0. The molecular formula is C13H23N3O2. The molecular weight excluding hydrogens is 230 g/mol. The van der Waals surface area contributed by atoms with Crippen LogP contribution in [-0.2, 0) is 11.3 Å². The molecule has 0 radical (unpaired) electrons. The number of aliphatic hydroxyl groups is 1. The Balaban J connectivity index is 1.66. The van der Waals surface area contributed by atoms with E-state index in [9.17, 15) is 5.11 Å². The number of aryl methyl sites for hydroxylation is 1. The van der Waals surface area contributed by atoms with Crippen LogP contribution in [0, 0.1) is 0 Å². The summed E-state index contributed by atoms with van der Waals surface area (Å²) >= 11 is 0. The van der Waals surface area contributed by atoms with E-state index in [1.165, 1.54) is 0 Å². The zero-order valence-electron chi connectivity index (χ0n) is 11.0. The largest absolute Gasteiger partial charge is 0.388 e. The predicted molar refractivity (Wildman–Crippen MR) is 69.3 cm³/mol. The van der Waals surface area contributed by atoms with E-state index >= 15 is 0 Å². The van der Waals surface area contributed by atoms with Crippen LogP contribution in [0.1, 0.15) is 26.2 Å². The normalized spacial score (nSPS) is 20.8. The van der Waals surface area contributed by atoms with E-state index in [0.29, 0.717) is 25.8 Å². The zero-order valence-corrected chi connectivity index (χ0v) is 11.0. The van der Waals surface area contributed by atoms with E-state index < -0.39 is 5.60 Å². The first-order valence-corrected chi connectivity index (χ1v) is 6.69. The first kappa shape index (κ1) is 13.5. The number of ether oxygens (including phenoxy) is 1. The van der Waals surface area contributed by atoms with Crippen LogP contribution in [0.5, 0.6) is 0 Å².